The van der Waals surface area contributed by atoms with Gasteiger partial charge >= 0.3 is 0 Å². The van der Waals surface area contributed by atoms with Crippen LogP contribution in [0.4, 0.5) is 5.69 Å². The molecule has 0 saturated carbocycles. The Balaban J connectivity index is 0.00000131. The topological polar surface area (TPSA) is 57.5 Å². The number of para-hydroxylation sites is 1. The minimum atomic E-state index is -0.103. The number of hydrogen-bond donors (Lipinski definition) is 2. The highest BCUT2D eigenvalue weighted by atomic mass is 35.5. The van der Waals surface area contributed by atoms with Crippen LogP contribution in [0.5, 0.6) is 0 Å². The largest absolute Gasteiger partial charge is 0.459 e. The van der Waals surface area contributed by atoms with E-state index in [2.05, 4.69) is 46.7 Å². The normalized spacial score (nSPS) is 21.0. The average Bonchev–Trinajstić information content (AvgIpc) is 3.21. The van der Waals surface area contributed by atoms with E-state index in [4.69, 9.17) is 4.42 Å². The van der Waals surface area contributed by atoms with Gasteiger partial charge in [0.1, 0.15) is 0 Å². The van der Waals surface area contributed by atoms with Crippen LogP contribution in [-0.4, -0.2) is 31.1 Å². The first-order valence-corrected chi connectivity index (χ1v) is 9.15. The number of carbonyl (C=O) groups excluding carboxylic acids is 1. The molecule has 1 fully saturated rings. The first-order chi connectivity index (χ1) is 12.2. The summed E-state index contributed by atoms with van der Waals surface area (Å²) in [5, 5.41) is 6.43. The van der Waals surface area contributed by atoms with Crippen molar-refractivity contribution in [1.29, 1.82) is 0 Å². The number of piperidine rings is 1. The van der Waals surface area contributed by atoms with Crippen molar-refractivity contribution in [3.8, 4) is 0 Å². The standard InChI is InChI=1S/C20H25N3O2.2ClH/c1-14-11-15-5-2-3-7-18(15)23(14)13-16-8-10-25-19(16)20(24)22-17-6-4-9-21-12-17;;/h2-3,5,7-8,10,14,17,21H,4,6,9,11-13H2,1H3,(H,22,24);2*1H. The van der Waals surface area contributed by atoms with Crippen LogP contribution in [0.15, 0.2) is 41.0 Å². The number of furan rings is 1. The molecular formula is C20H27Cl2N3O2. The van der Waals surface area contributed by atoms with Crippen molar-refractivity contribution in [2.75, 3.05) is 18.0 Å². The lowest BCUT2D eigenvalue weighted by atomic mass is 10.1. The Morgan fingerprint density at radius 2 is 2.11 bits per heavy atom. The summed E-state index contributed by atoms with van der Waals surface area (Å²) in [4.78, 5) is 15.0. The molecule has 3 heterocycles. The third-order valence-corrected chi connectivity index (χ3v) is 5.27. The van der Waals surface area contributed by atoms with E-state index < -0.39 is 0 Å². The molecule has 1 saturated heterocycles. The van der Waals surface area contributed by atoms with Crippen LogP contribution in [-0.2, 0) is 13.0 Å². The fourth-order valence-electron chi connectivity index (χ4n) is 3.94. The van der Waals surface area contributed by atoms with Gasteiger partial charge in [-0.05, 0) is 50.4 Å². The fourth-order valence-corrected chi connectivity index (χ4v) is 3.94. The zero-order valence-corrected chi connectivity index (χ0v) is 17.1. The lowest BCUT2D eigenvalue weighted by Crippen LogP contribution is -2.45. The van der Waals surface area contributed by atoms with Crippen molar-refractivity contribution in [2.45, 2.75) is 44.8 Å². The van der Waals surface area contributed by atoms with Gasteiger partial charge in [-0.15, -0.1) is 24.8 Å². The van der Waals surface area contributed by atoms with E-state index >= 15 is 0 Å². The number of anilines is 1. The highest BCUT2D eigenvalue weighted by Crippen LogP contribution is 2.33. The number of carbonyl (C=O) groups is 1. The third-order valence-electron chi connectivity index (χ3n) is 5.27. The molecular weight excluding hydrogens is 385 g/mol. The van der Waals surface area contributed by atoms with Crippen molar-refractivity contribution in [3.63, 3.8) is 0 Å². The quantitative estimate of drug-likeness (QED) is 0.807. The second-order valence-electron chi connectivity index (χ2n) is 7.10. The van der Waals surface area contributed by atoms with Gasteiger partial charge in [-0.3, -0.25) is 4.79 Å². The number of halogens is 2. The van der Waals surface area contributed by atoms with Gasteiger partial charge in [0.05, 0.1) is 6.26 Å². The maximum Gasteiger partial charge on any atom is 0.287 e. The van der Waals surface area contributed by atoms with Gasteiger partial charge in [-0.25, -0.2) is 0 Å². The van der Waals surface area contributed by atoms with Crippen molar-refractivity contribution in [1.82, 2.24) is 10.6 Å². The second-order valence-corrected chi connectivity index (χ2v) is 7.10. The molecule has 148 valence electrons. The van der Waals surface area contributed by atoms with Crippen LogP contribution in [0.25, 0.3) is 0 Å². The Labute approximate surface area is 172 Å². The average molecular weight is 412 g/mol. The van der Waals surface area contributed by atoms with Gasteiger partial charge in [0, 0.05) is 36.4 Å². The van der Waals surface area contributed by atoms with E-state index in [1.54, 1.807) is 6.26 Å². The van der Waals surface area contributed by atoms with Gasteiger partial charge in [0.25, 0.3) is 5.91 Å². The molecule has 2 aliphatic heterocycles. The van der Waals surface area contributed by atoms with Gasteiger partial charge in [-0.2, -0.15) is 0 Å². The summed E-state index contributed by atoms with van der Waals surface area (Å²) >= 11 is 0. The molecule has 2 atom stereocenters. The van der Waals surface area contributed by atoms with Crippen LogP contribution in [0, 0.1) is 0 Å². The molecule has 1 aromatic heterocycles. The second kappa shape index (κ2) is 9.49. The molecule has 1 amide bonds. The molecule has 0 spiro atoms. The van der Waals surface area contributed by atoms with E-state index in [0.717, 1.165) is 37.9 Å². The molecule has 0 aliphatic carbocycles. The van der Waals surface area contributed by atoms with E-state index in [1.165, 1.54) is 11.3 Å². The summed E-state index contributed by atoms with van der Waals surface area (Å²) in [6.45, 7) is 4.79. The van der Waals surface area contributed by atoms with E-state index in [-0.39, 0.29) is 36.8 Å². The summed E-state index contributed by atoms with van der Waals surface area (Å²) in [6.07, 6.45) is 4.78. The molecule has 7 heteroatoms. The van der Waals surface area contributed by atoms with E-state index in [1.807, 2.05) is 6.07 Å². The molecule has 5 nitrogen and oxygen atoms in total. The number of benzene rings is 1. The zero-order chi connectivity index (χ0) is 17.2. The van der Waals surface area contributed by atoms with Gasteiger partial charge in [0.15, 0.2) is 5.76 Å². The monoisotopic (exact) mass is 411 g/mol. The van der Waals surface area contributed by atoms with Gasteiger partial charge < -0.3 is 20.0 Å². The number of nitrogens with one attached hydrogen (secondary N) is 2. The number of fused-ring (bicyclic) bond motifs is 1. The van der Waals surface area contributed by atoms with E-state index in [0.29, 0.717) is 18.3 Å². The molecule has 27 heavy (non-hydrogen) atoms. The Bertz CT molecular complexity index is 759. The molecule has 4 rings (SSSR count). The number of hydrogen-bond acceptors (Lipinski definition) is 4. The minimum absolute atomic E-state index is 0. The van der Waals surface area contributed by atoms with Crippen molar-refractivity contribution in [3.05, 3.63) is 53.5 Å². The molecule has 2 unspecified atom stereocenters. The van der Waals surface area contributed by atoms with Crippen LogP contribution in [0.3, 0.4) is 0 Å². The molecule has 2 N–H and O–H groups in total. The highest BCUT2D eigenvalue weighted by Gasteiger charge is 2.28. The Morgan fingerprint density at radius 3 is 2.89 bits per heavy atom. The minimum Gasteiger partial charge on any atom is -0.459 e. The molecule has 1 aromatic carbocycles. The lowest BCUT2D eigenvalue weighted by Gasteiger charge is -2.25. The van der Waals surface area contributed by atoms with Crippen molar-refractivity contribution in [2.24, 2.45) is 0 Å². The van der Waals surface area contributed by atoms with Crippen LogP contribution in [0.1, 0.15) is 41.4 Å². The van der Waals surface area contributed by atoms with Crippen molar-refractivity contribution >= 4 is 36.4 Å². The highest BCUT2D eigenvalue weighted by molar-refractivity contribution is 5.93. The molecule has 2 aliphatic rings. The number of nitrogens with zero attached hydrogens (tertiary/aromatic N) is 1. The first kappa shape index (κ1) is 21.6. The molecule has 0 bridgehead atoms. The Hall–Kier alpha value is -1.69. The van der Waals surface area contributed by atoms with E-state index in [9.17, 15) is 4.79 Å². The molecule has 0 radical (unpaired) electrons. The van der Waals surface area contributed by atoms with Gasteiger partial charge in [0.2, 0.25) is 0 Å². The first-order valence-electron chi connectivity index (χ1n) is 9.15. The molecule has 2 aromatic rings. The SMILES string of the molecule is CC1Cc2ccccc2N1Cc1ccoc1C(=O)NC1CCCNC1.Cl.Cl. The summed E-state index contributed by atoms with van der Waals surface area (Å²) < 4.78 is 5.54. The smallest absolute Gasteiger partial charge is 0.287 e. The van der Waals surface area contributed by atoms with Gasteiger partial charge in [-0.1, -0.05) is 18.2 Å². The summed E-state index contributed by atoms with van der Waals surface area (Å²) in [5.74, 6) is 0.344. The summed E-state index contributed by atoms with van der Waals surface area (Å²) in [7, 11) is 0. The predicted octanol–water partition coefficient (Wildman–Crippen LogP) is 3.56. The third kappa shape index (κ3) is 4.60. The summed E-state index contributed by atoms with van der Waals surface area (Å²) in [6, 6.07) is 11.0. The lowest BCUT2D eigenvalue weighted by molar-refractivity contribution is 0.0901. The maximum absolute atomic E-state index is 12.6. The fraction of sp³-hybridized carbons (Fsp3) is 0.450. The van der Waals surface area contributed by atoms with Crippen LogP contribution >= 0.6 is 24.8 Å². The number of amides is 1. The van der Waals surface area contributed by atoms with Crippen LogP contribution < -0.4 is 15.5 Å². The van der Waals surface area contributed by atoms with Crippen molar-refractivity contribution < 1.29 is 9.21 Å². The number of rotatable bonds is 4. The Morgan fingerprint density at radius 1 is 1.30 bits per heavy atom. The van der Waals surface area contributed by atoms with Crippen LogP contribution in [0.2, 0.25) is 0 Å². The maximum atomic E-state index is 12.6. The zero-order valence-electron chi connectivity index (χ0n) is 15.4. The summed E-state index contributed by atoms with van der Waals surface area (Å²) in [5.41, 5.74) is 3.58. The Kier molecular flexibility index (Phi) is 7.59. The predicted molar refractivity (Wildman–Crippen MR) is 112 cm³/mol.